The standard InChI is InChI=1S/C22H34FNO7S/c23-15-7-10-17(11-8-15)32(30,31)24-14-16(25)9-12-19-18(20(26)13-21(19)27)5-3-1-2-4-6-22(28)29/h7-8,10-11,16,18-21,24-27H,1-6,9,12-14H2,(H,28,29)/t16?,18-,19-,20+,21-/m1/s1. The Morgan fingerprint density at radius 3 is 2.25 bits per heavy atom. The molecule has 10 heteroatoms. The van der Waals surface area contributed by atoms with Gasteiger partial charge < -0.3 is 20.4 Å². The van der Waals surface area contributed by atoms with Crippen molar-refractivity contribution < 1.29 is 38.0 Å². The summed E-state index contributed by atoms with van der Waals surface area (Å²) in [4.78, 5) is 10.4. The van der Waals surface area contributed by atoms with Crippen molar-refractivity contribution in [3.8, 4) is 0 Å². The first-order valence-electron chi connectivity index (χ1n) is 11.1. The lowest BCUT2D eigenvalue weighted by molar-refractivity contribution is -0.137. The molecule has 2 rings (SSSR count). The molecule has 0 heterocycles. The van der Waals surface area contributed by atoms with Gasteiger partial charge in [0.05, 0.1) is 23.2 Å². The van der Waals surface area contributed by atoms with E-state index in [9.17, 15) is 32.9 Å². The molecule has 0 amide bonds. The van der Waals surface area contributed by atoms with E-state index >= 15 is 0 Å². The van der Waals surface area contributed by atoms with Gasteiger partial charge in [-0.25, -0.2) is 17.5 Å². The predicted octanol–water partition coefficient (Wildman–Crippen LogP) is 2.03. The van der Waals surface area contributed by atoms with E-state index in [1.807, 2.05) is 0 Å². The largest absolute Gasteiger partial charge is 0.481 e. The number of aliphatic carboxylic acids is 1. The smallest absolute Gasteiger partial charge is 0.303 e. The monoisotopic (exact) mass is 475 g/mol. The summed E-state index contributed by atoms with van der Waals surface area (Å²) in [6, 6.07) is 4.38. The molecular formula is C22H34FNO7S. The van der Waals surface area contributed by atoms with Crippen molar-refractivity contribution in [2.24, 2.45) is 11.8 Å². The molecule has 32 heavy (non-hydrogen) atoms. The van der Waals surface area contributed by atoms with Crippen LogP contribution < -0.4 is 4.72 Å². The second kappa shape index (κ2) is 12.6. The number of aliphatic hydroxyl groups is 3. The van der Waals surface area contributed by atoms with Gasteiger partial charge in [-0.2, -0.15) is 0 Å². The fraction of sp³-hybridized carbons (Fsp3) is 0.682. The number of sulfonamides is 1. The number of hydrogen-bond acceptors (Lipinski definition) is 6. The molecule has 1 aromatic rings. The minimum atomic E-state index is -3.87. The predicted molar refractivity (Wildman–Crippen MR) is 116 cm³/mol. The SMILES string of the molecule is O=C(O)CCCCCC[C@@H]1[C@@H](CCC(O)CNS(=O)(=O)c2ccc(F)cc2)[C@H](O)C[C@@H]1O. The summed E-state index contributed by atoms with van der Waals surface area (Å²) in [6.07, 6.45) is 2.68. The number of benzene rings is 1. The van der Waals surface area contributed by atoms with E-state index in [0.717, 1.165) is 43.5 Å². The Morgan fingerprint density at radius 2 is 1.62 bits per heavy atom. The van der Waals surface area contributed by atoms with E-state index in [-0.39, 0.29) is 42.5 Å². The van der Waals surface area contributed by atoms with Gasteiger partial charge in [0.25, 0.3) is 0 Å². The Bertz CT molecular complexity index is 818. The van der Waals surface area contributed by atoms with E-state index in [0.29, 0.717) is 19.3 Å². The summed E-state index contributed by atoms with van der Waals surface area (Å²) < 4.78 is 39.8. The first kappa shape index (κ1) is 26.7. The first-order chi connectivity index (χ1) is 15.1. The number of carboxylic acids is 1. The highest BCUT2D eigenvalue weighted by Gasteiger charge is 2.40. The van der Waals surface area contributed by atoms with Crippen molar-refractivity contribution >= 4 is 16.0 Å². The van der Waals surface area contributed by atoms with Gasteiger partial charge in [0.15, 0.2) is 0 Å². The van der Waals surface area contributed by atoms with Crippen LogP contribution in [0, 0.1) is 17.7 Å². The van der Waals surface area contributed by atoms with Gasteiger partial charge in [0, 0.05) is 13.0 Å². The van der Waals surface area contributed by atoms with Gasteiger partial charge in [-0.05, 0) is 68.2 Å². The van der Waals surface area contributed by atoms with Gasteiger partial charge in [0.1, 0.15) is 5.82 Å². The van der Waals surface area contributed by atoms with Gasteiger partial charge in [-0.3, -0.25) is 4.79 Å². The van der Waals surface area contributed by atoms with Crippen molar-refractivity contribution in [3.63, 3.8) is 0 Å². The highest BCUT2D eigenvalue weighted by atomic mass is 32.2. The fourth-order valence-corrected chi connectivity index (χ4v) is 5.45. The summed E-state index contributed by atoms with van der Waals surface area (Å²) in [5.41, 5.74) is 0. The summed E-state index contributed by atoms with van der Waals surface area (Å²) in [5.74, 6) is -1.64. The topological polar surface area (TPSA) is 144 Å². The van der Waals surface area contributed by atoms with Gasteiger partial charge >= 0.3 is 5.97 Å². The lowest BCUT2D eigenvalue weighted by Gasteiger charge is -2.24. The van der Waals surface area contributed by atoms with Crippen LogP contribution in [0.2, 0.25) is 0 Å². The lowest BCUT2D eigenvalue weighted by Crippen LogP contribution is -2.33. The number of nitrogens with one attached hydrogen (secondary N) is 1. The van der Waals surface area contributed by atoms with Gasteiger partial charge in [-0.15, -0.1) is 0 Å². The maximum absolute atomic E-state index is 13.0. The average molecular weight is 476 g/mol. The van der Waals surface area contributed by atoms with E-state index in [1.165, 1.54) is 0 Å². The van der Waals surface area contributed by atoms with Crippen molar-refractivity contribution in [2.75, 3.05) is 6.54 Å². The van der Waals surface area contributed by atoms with Crippen LogP contribution in [0.5, 0.6) is 0 Å². The molecule has 0 bridgehead atoms. The Kier molecular flexibility index (Phi) is 10.5. The summed E-state index contributed by atoms with van der Waals surface area (Å²) in [7, 11) is -3.87. The molecule has 8 nitrogen and oxygen atoms in total. The number of rotatable bonds is 14. The van der Waals surface area contributed by atoms with Gasteiger partial charge in [-0.1, -0.05) is 19.3 Å². The zero-order chi connectivity index (χ0) is 23.7. The number of aliphatic hydroxyl groups excluding tert-OH is 3. The van der Waals surface area contributed by atoms with Crippen LogP contribution in [0.15, 0.2) is 29.2 Å². The molecule has 0 aromatic heterocycles. The van der Waals surface area contributed by atoms with Crippen molar-refractivity contribution in [2.45, 2.75) is 81.0 Å². The van der Waals surface area contributed by atoms with Crippen molar-refractivity contribution in [1.82, 2.24) is 4.72 Å². The maximum atomic E-state index is 13.0. The van der Waals surface area contributed by atoms with E-state index in [4.69, 9.17) is 5.11 Å². The number of hydrogen-bond donors (Lipinski definition) is 5. The highest BCUT2D eigenvalue weighted by molar-refractivity contribution is 7.89. The Hall–Kier alpha value is -1.59. The van der Waals surface area contributed by atoms with E-state index in [1.54, 1.807) is 0 Å². The molecule has 1 aliphatic rings. The molecule has 0 spiro atoms. The lowest BCUT2D eigenvalue weighted by atomic mass is 9.85. The minimum absolute atomic E-state index is 0.0937. The van der Waals surface area contributed by atoms with Crippen LogP contribution >= 0.6 is 0 Å². The zero-order valence-electron chi connectivity index (χ0n) is 18.1. The molecule has 0 saturated heterocycles. The number of carboxylic acid groups (broad SMARTS) is 1. The maximum Gasteiger partial charge on any atom is 0.303 e. The molecule has 1 saturated carbocycles. The summed E-state index contributed by atoms with van der Waals surface area (Å²) in [5, 5.41) is 39.5. The summed E-state index contributed by atoms with van der Waals surface area (Å²) in [6.45, 7) is -0.209. The second-order valence-corrected chi connectivity index (χ2v) is 10.3. The molecule has 0 aliphatic heterocycles. The van der Waals surface area contributed by atoms with Crippen LogP contribution in [-0.2, 0) is 14.8 Å². The Balaban J connectivity index is 1.77. The highest BCUT2D eigenvalue weighted by Crippen LogP contribution is 2.39. The van der Waals surface area contributed by atoms with Crippen LogP contribution in [0.25, 0.3) is 0 Å². The molecule has 1 fully saturated rings. The molecule has 1 unspecified atom stereocenters. The Morgan fingerprint density at radius 1 is 1.03 bits per heavy atom. The number of carbonyl (C=O) groups is 1. The first-order valence-corrected chi connectivity index (χ1v) is 12.6. The normalized spacial score (nSPS) is 24.5. The van der Waals surface area contributed by atoms with E-state index < -0.39 is 40.1 Å². The molecule has 5 N–H and O–H groups in total. The van der Waals surface area contributed by atoms with Crippen LogP contribution in [0.3, 0.4) is 0 Å². The molecule has 1 aliphatic carbocycles. The average Bonchev–Trinajstić information content (AvgIpc) is 3.00. The van der Waals surface area contributed by atoms with Crippen molar-refractivity contribution in [3.05, 3.63) is 30.1 Å². The molecule has 1 aromatic carbocycles. The third kappa shape index (κ3) is 8.40. The third-order valence-corrected chi connectivity index (χ3v) is 7.61. The van der Waals surface area contributed by atoms with Crippen LogP contribution in [-0.4, -0.2) is 59.7 Å². The molecular weight excluding hydrogens is 441 g/mol. The van der Waals surface area contributed by atoms with Crippen LogP contribution in [0.1, 0.15) is 57.8 Å². The Labute approximate surface area is 188 Å². The third-order valence-electron chi connectivity index (χ3n) is 6.17. The zero-order valence-corrected chi connectivity index (χ0v) is 18.9. The van der Waals surface area contributed by atoms with Gasteiger partial charge in [0.2, 0.25) is 10.0 Å². The minimum Gasteiger partial charge on any atom is -0.481 e. The molecule has 5 atom stereocenters. The fourth-order valence-electron chi connectivity index (χ4n) is 4.38. The van der Waals surface area contributed by atoms with E-state index in [2.05, 4.69) is 4.72 Å². The number of unbranched alkanes of at least 4 members (excludes halogenated alkanes) is 3. The quantitative estimate of drug-likeness (QED) is 0.259. The molecule has 0 radical (unpaired) electrons. The van der Waals surface area contributed by atoms with Crippen LogP contribution in [0.4, 0.5) is 4.39 Å². The van der Waals surface area contributed by atoms with Crippen molar-refractivity contribution in [1.29, 1.82) is 0 Å². The summed E-state index contributed by atoms with van der Waals surface area (Å²) >= 11 is 0. The second-order valence-electron chi connectivity index (χ2n) is 8.58. The number of halogens is 1. The molecule has 182 valence electrons.